The molecule has 0 unspecified atom stereocenters. The first kappa shape index (κ1) is 13.0. The number of aromatic nitrogens is 2. The van der Waals surface area contributed by atoms with E-state index in [2.05, 4.69) is 16.8 Å². The molecule has 1 aliphatic rings. The maximum absolute atomic E-state index is 11.5. The molecule has 0 saturated carbocycles. The molecule has 1 fully saturated rings. The van der Waals surface area contributed by atoms with E-state index < -0.39 is 11.4 Å². The van der Waals surface area contributed by atoms with Crippen LogP contribution < -0.4 is 4.90 Å². The number of hydrogen-bond acceptors (Lipinski definition) is 5. The van der Waals surface area contributed by atoms with E-state index in [-0.39, 0.29) is 0 Å². The summed E-state index contributed by atoms with van der Waals surface area (Å²) in [6.45, 7) is 6.92. The van der Waals surface area contributed by atoms with Gasteiger partial charge in [0.1, 0.15) is 5.01 Å². The van der Waals surface area contributed by atoms with E-state index in [1.165, 1.54) is 11.3 Å². The molecule has 2 rings (SSSR count). The maximum Gasteiger partial charge on any atom is 0.311 e. The van der Waals surface area contributed by atoms with Crippen LogP contribution in [-0.4, -0.2) is 34.4 Å². The van der Waals surface area contributed by atoms with Gasteiger partial charge in [-0.05, 0) is 26.2 Å². The van der Waals surface area contributed by atoms with Gasteiger partial charge in [0.2, 0.25) is 5.13 Å². The molecular weight excluding hydrogens is 250 g/mol. The molecular formula is C12H17N3O2S. The smallest absolute Gasteiger partial charge is 0.311 e. The summed E-state index contributed by atoms with van der Waals surface area (Å²) < 4.78 is 0. The van der Waals surface area contributed by atoms with Crippen LogP contribution in [0.25, 0.3) is 0 Å². The average Bonchev–Trinajstić information content (AvgIpc) is 2.76. The summed E-state index contributed by atoms with van der Waals surface area (Å²) in [6, 6.07) is 0. The number of allylic oxidation sites excluding steroid dienone is 1. The lowest BCUT2D eigenvalue weighted by molar-refractivity contribution is -0.149. The third-order valence-electron chi connectivity index (χ3n) is 3.35. The molecule has 1 aromatic heterocycles. The molecule has 6 heteroatoms. The van der Waals surface area contributed by atoms with Crippen molar-refractivity contribution >= 4 is 22.4 Å². The van der Waals surface area contributed by atoms with Gasteiger partial charge in [0.15, 0.2) is 0 Å². The Kier molecular flexibility index (Phi) is 3.65. The first-order valence-electron chi connectivity index (χ1n) is 5.97. The Morgan fingerprint density at radius 3 is 3.00 bits per heavy atom. The third-order valence-corrected chi connectivity index (χ3v) is 4.25. The molecule has 1 aromatic rings. The number of hydrogen-bond donors (Lipinski definition) is 1. The third kappa shape index (κ3) is 2.38. The highest BCUT2D eigenvalue weighted by Gasteiger charge is 2.42. The van der Waals surface area contributed by atoms with Gasteiger partial charge in [0, 0.05) is 13.1 Å². The van der Waals surface area contributed by atoms with Gasteiger partial charge in [0.25, 0.3) is 0 Å². The van der Waals surface area contributed by atoms with Crippen molar-refractivity contribution in [3.05, 3.63) is 17.7 Å². The van der Waals surface area contributed by atoms with Crippen LogP contribution in [0.3, 0.4) is 0 Å². The summed E-state index contributed by atoms with van der Waals surface area (Å²) in [5.41, 5.74) is -0.723. The highest BCUT2D eigenvalue weighted by molar-refractivity contribution is 7.15. The lowest BCUT2D eigenvalue weighted by Gasteiger charge is -2.39. The molecule has 98 valence electrons. The lowest BCUT2D eigenvalue weighted by Crippen LogP contribution is -2.47. The highest BCUT2D eigenvalue weighted by Crippen LogP contribution is 2.36. The van der Waals surface area contributed by atoms with Gasteiger partial charge < -0.3 is 10.0 Å². The van der Waals surface area contributed by atoms with Crippen LogP contribution in [0.15, 0.2) is 12.7 Å². The van der Waals surface area contributed by atoms with Crippen molar-refractivity contribution in [2.24, 2.45) is 5.41 Å². The van der Waals surface area contributed by atoms with Crippen LogP contribution >= 0.6 is 11.3 Å². The van der Waals surface area contributed by atoms with Gasteiger partial charge in [-0.25, -0.2) is 0 Å². The van der Waals surface area contributed by atoms with Crippen molar-refractivity contribution in [2.75, 3.05) is 18.0 Å². The van der Waals surface area contributed by atoms with Crippen molar-refractivity contribution in [1.82, 2.24) is 10.2 Å². The van der Waals surface area contributed by atoms with Crippen molar-refractivity contribution in [3.63, 3.8) is 0 Å². The van der Waals surface area contributed by atoms with Crippen LogP contribution in [0.1, 0.15) is 24.3 Å². The minimum absolute atomic E-state index is 0.489. The Balaban J connectivity index is 2.21. The molecule has 0 aromatic carbocycles. The van der Waals surface area contributed by atoms with Gasteiger partial charge in [0.05, 0.1) is 5.41 Å². The first-order valence-corrected chi connectivity index (χ1v) is 6.78. The molecule has 1 aliphatic heterocycles. The molecule has 0 spiro atoms. The van der Waals surface area contributed by atoms with E-state index in [0.717, 1.165) is 23.1 Å². The number of anilines is 1. The Bertz CT molecular complexity index is 460. The molecule has 18 heavy (non-hydrogen) atoms. The summed E-state index contributed by atoms with van der Waals surface area (Å²) in [6.07, 6.45) is 3.75. The van der Waals surface area contributed by atoms with Crippen molar-refractivity contribution in [3.8, 4) is 0 Å². The number of nitrogens with zero attached hydrogens (tertiary/aromatic N) is 3. The molecule has 2 heterocycles. The quantitative estimate of drug-likeness (QED) is 0.846. The summed E-state index contributed by atoms with van der Waals surface area (Å²) in [5.74, 6) is -0.742. The van der Waals surface area contributed by atoms with E-state index in [4.69, 9.17) is 0 Å². The molecule has 1 N–H and O–H groups in total. The van der Waals surface area contributed by atoms with Gasteiger partial charge in [-0.3, -0.25) is 4.79 Å². The fourth-order valence-electron chi connectivity index (χ4n) is 2.41. The number of piperidine rings is 1. The van der Waals surface area contributed by atoms with Gasteiger partial charge in [-0.2, -0.15) is 0 Å². The zero-order valence-corrected chi connectivity index (χ0v) is 11.2. The van der Waals surface area contributed by atoms with Crippen LogP contribution in [0.5, 0.6) is 0 Å². The van der Waals surface area contributed by atoms with Crippen LogP contribution in [0.2, 0.25) is 0 Å². The second-order valence-corrected chi connectivity index (χ2v) is 5.87. The van der Waals surface area contributed by atoms with Gasteiger partial charge in [-0.15, -0.1) is 16.8 Å². The topological polar surface area (TPSA) is 66.3 Å². The number of carboxylic acids is 1. The molecule has 0 bridgehead atoms. The monoisotopic (exact) mass is 267 g/mol. The Morgan fingerprint density at radius 1 is 1.67 bits per heavy atom. The van der Waals surface area contributed by atoms with Gasteiger partial charge >= 0.3 is 5.97 Å². The fourth-order valence-corrected chi connectivity index (χ4v) is 3.13. The summed E-state index contributed by atoms with van der Waals surface area (Å²) in [5, 5.41) is 19.3. The SMILES string of the molecule is C=CC[C@@]1(C(=O)O)CCCN(c2nnc(C)s2)C1. The number of aryl methyl sites for hydroxylation is 1. The van der Waals surface area contributed by atoms with E-state index >= 15 is 0 Å². The predicted molar refractivity (Wildman–Crippen MR) is 71.0 cm³/mol. The summed E-state index contributed by atoms with van der Waals surface area (Å²) in [7, 11) is 0. The van der Waals surface area contributed by atoms with Crippen LogP contribution in [0, 0.1) is 12.3 Å². The Hall–Kier alpha value is -1.43. The Labute approximate surface area is 110 Å². The minimum atomic E-state index is -0.742. The summed E-state index contributed by atoms with van der Waals surface area (Å²) >= 11 is 1.51. The minimum Gasteiger partial charge on any atom is -0.481 e. The molecule has 1 saturated heterocycles. The van der Waals surface area contributed by atoms with Crippen molar-refractivity contribution in [1.29, 1.82) is 0 Å². The molecule has 0 aliphatic carbocycles. The van der Waals surface area contributed by atoms with E-state index in [1.807, 2.05) is 11.8 Å². The standard InChI is InChI=1S/C12H17N3O2S/c1-3-5-12(10(16)17)6-4-7-15(8-12)11-14-13-9(2)18-11/h3H,1,4-8H2,2H3,(H,16,17)/t12-/m1/s1. The molecule has 0 amide bonds. The number of carboxylic acid groups (broad SMARTS) is 1. The van der Waals surface area contributed by atoms with E-state index in [9.17, 15) is 9.90 Å². The fraction of sp³-hybridized carbons (Fsp3) is 0.583. The zero-order chi connectivity index (χ0) is 13.2. The Morgan fingerprint density at radius 2 is 2.44 bits per heavy atom. The lowest BCUT2D eigenvalue weighted by atomic mass is 9.77. The average molecular weight is 267 g/mol. The molecule has 0 radical (unpaired) electrons. The second-order valence-electron chi connectivity index (χ2n) is 4.71. The van der Waals surface area contributed by atoms with E-state index in [1.54, 1.807) is 6.08 Å². The first-order chi connectivity index (χ1) is 8.57. The van der Waals surface area contributed by atoms with Crippen LogP contribution in [-0.2, 0) is 4.79 Å². The number of carbonyl (C=O) groups is 1. The van der Waals surface area contributed by atoms with Crippen molar-refractivity contribution in [2.45, 2.75) is 26.2 Å². The van der Waals surface area contributed by atoms with E-state index in [0.29, 0.717) is 19.4 Å². The largest absolute Gasteiger partial charge is 0.481 e. The summed E-state index contributed by atoms with van der Waals surface area (Å²) in [4.78, 5) is 13.6. The number of rotatable bonds is 4. The predicted octanol–water partition coefficient (Wildman–Crippen LogP) is 2.09. The highest BCUT2D eigenvalue weighted by atomic mass is 32.1. The van der Waals surface area contributed by atoms with Crippen LogP contribution in [0.4, 0.5) is 5.13 Å². The van der Waals surface area contributed by atoms with Crippen molar-refractivity contribution < 1.29 is 9.90 Å². The second kappa shape index (κ2) is 5.06. The maximum atomic E-state index is 11.5. The normalized spacial score (nSPS) is 23.9. The zero-order valence-electron chi connectivity index (χ0n) is 10.4. The molecule has 1 atom stereocenters. The molecule has 5 nitrogen and oxygen atoms in total. The van der Waals surface area contributed by atoms with Gasteiger partial charge in [-0.1, -0.05) is 17.4 Å². The number of aliphatic carboxylic acids is 1.